The number of azide groups is 1. The average molecular weight is 226 g/mol. The maximum atomic E-state index is 11.0. The van der Waals surface area contributed by atoms with Crippen LogP contribution in [0.5, 0.6) is 0 Å². The Bertz CT molecular complexity index is 629. The minimum absolute atomic E-state index is 0.160. The van der Waals surface area contributed by atoms with Crippen LogP contribution in [-0.4, -0.2) is 5.91 Å². The van der Waals surface area contributed by atoms with E-state index in [1.807, 2.05) is 30.3 Å². The van der Waals surface area contributed by atoms with Crippen molar-refractivity contribution < 1.29 is 4.79 Å². The fraction of sp³-hybridized carbons (Fsp3) is 0.0833. The summed E-state index contributed by atoms with van der Waals surface area (Å²) in [7, 11) is 0. The van der Waals surface area contributed by atoms with Crippen LogP contribution in [0.3, 0.4) is 0 Å². The molecule has 0 bridgehead atoms. The van der Waals surface area contributed by atoms with Crippen LogP contribution in [0, 0.1) is 0 Å². The molecule has 1 N–H and O–H groups in total. The van der Waals surface area contributed by atoms with Gasteiger partial charge < -0.3 is 5.32 Å². The number of amides is 1. The first kappa shape index (κ1) is 11.0. The monoisotopic (exact) mass is 226 g/mol. The van der Waals surface area contributed by atoms with Crippen molar-refractivity contribution in [2.75, 3.05) is 5.32 Å². The van der Waals surface area contributed by atoms with Gasteiger partial charge in [-0.3, -0.25) is 4.79 Å². The van der Waals surface area contributed by atoms with Crippen molar-refractivity contribution in [2.45, 2.75) is 6.92 Å². The highest BCUT2D eigenvalue weighted by molar-refractivity contribution is 5.98. The summed E-state index contributed by atoms with van der Waals surface area (Å²) in [6, 6.07) is 11.0. The van der Waals surface area contributed by atoms with Gasteiger partial charge in [0.25, 0.3) is 0 Å². The Morgan fingerprint density at radius 3 is 2.82 bits per heavy atom. The fourth-order valence-electron chi connectivity index (χ4n) is 1.70. The van der Waals surface area contributed by atoms with Crippen molar-refractivity contribution in [2.24, 2.45) is 5.11 Å². The number of carbonyl (C=O) groups excluding carboxylic acids is 1. The Balaban J connectivity index is 2.66. The van der Waals surface area contributed by atoms with Gasteiger partial charge in [0.05, 0.1) is 0 Å². The molecular weight excluding hydrogens is 216 g/mol. The van der Waals surface area contributed by atoms with Gasteiger partial charge >= 0.3 is 0 Å². The number of hydrogen-bond donors (Lipinski definition) is 1. The summed E-state index contributed by atoms with van der Waals surface area (Å²) < 4.78 is 0. The lowest BCUT2D eigenvalue weighted by Crippen LogP contribution is -2.05. The molecule has 5 heteroatoms. The first-order valence-corrected chi connectivity index (χ1v) is 5.06. The molecule has 2 aromatic carbocycles. The quantitative estimate of drug-likeness (QED) is 0.472. The summed E-state index contributed by atoms with van der Waals surface area (Å²) in [5.74, 6) is -0.160. The van der Waals surface area contributed by atoms with E-state index in [9.17, 15) is 4.79 Å². The molecule has 0 fully saturated rings. The van der Waals surface area contributed by atoms with Gasteiger partial charge in [0.15, 0.2) is 0 Å². The van der Waals surface area contributed by atoms with Gasteiger partial charge in [0.2, 0.25) is 5.91 Å². The van der Waals surface area contributed by atoms with Gasteiger partial charge in [-0.1, -0.05) is 29.4 Å². The summed E-state index contributed by atoms with van der Waals surface area (Å²) in [6.45, 7) is 1.43. The molecule has 0 radical (unpaired) electrons. The molecule has 0 aliphatic heterocycles. The Hall–Kier alpha value is -2.52. The normalized spacial score (nSPS) is 9.71. The minimum atomic E-state index is -0.160. The van der Waals surface area contributed by atoms with Crippen LogP contribution < -0.4 is 5.32 Å². The Morgan fingerprint density at radius 1 is 1.35 bits per heavy atom. The molecule has 0 heterocycles. The second-order valence-corrected chi connectivity index (χ2v) is 3.59. The van der Waals surface area contributed by atoms with Gasteiger partial charge in [0.1, 0.15) is 0 Å². The molecule has 5 nitrogen and oxygen atoms in total. The van der Waals surface area contributed by atoms with Crippen LogP contribution in [0.25, 0.3) is 21.2 Å². The van der Waals surface area contributed by atoms with Crippen molar-refractivity contribution >= 4 is 28.1 Å². The number of nitrogens with zero attached hydrogens (tertiary/aromatic N) is 3. The number of benzene rings is 2. The van der Waals surface area contributed by atoms with Crippen LogP contribution in [0.1, 0.15) is 6.92 Å². The van der Waals surface area contributed by atoms with Gasteiger partial charge in [-0.05, 0) is 28.4 Å². The van der Waals surface area contributed by atoms with E-state index in [-0.39, 0.29) is 5.91 Å². The highest BCUT2D eigenvalue weighted by atomic mass is 16.1. The Kier molecular flexibility index (Phi) is 2.94. The highest BCUT2D eigenvalue weighted by Crippen LogP contribution is 2.30. The van der Waals surface area contributed by atoms with E-state index in [1.54, 1.807) is 6.07 Å². The summed E-state index contributed by atoms with van der Waals surface area (Å²) >= 11 is 0. The number of hydrogen-bond acceptors (Lipinski definition) is 2. The Labute approximate surface area is 97.7 Å². The molecule has 1 amide bonds. The third-order valence-corrected chi connectivity index (χ3v) is 2.31. The summed E-state index contributed by atoms with van der Waals surface area (Å²) in [5, 5.41) is 8.08. The molecule has 0 aliphatic carbocycles. The second kappa shape index (κ2) is 4.55. The lowest BCUT2D eigenvalue weighted by molar-refractivity contribution is -0.114. The van der Waals surface area contributed by atoms with Crippen molar-refractivity contribution in [3.8, 4) is 0 Å². The summed E-state index contributed by atoms with van der Waals surface area (Å²) in [5.41, 5.74) is 9.66. The summed E-state index contributed by atoms with van der Waals surface area (Å²) in [4.78, 5) is 13.8. The SMILES string of the molecule is CC(=O)Nc1cc(N=[N+]=[N-])c2ccccc2c1. The first-order valence-electron chi connectivity index (χ1n) is 5.06. The maximum absolute atomic E-state index is 11.0. The topological polar surface area (TPSA) is 77.9 Å². The van der Waals surface area contributed by atoms with E-state index in [1.165, 1.54) is 6.92 Å². The van der Waals surface area contributed by atoms with Crippen molar-refractivity contribution in [1.82, 2.24) is 0 Å². The smallest absolute Gasteiger partial charge is 0.221 e. The molecule has 2 rings (SSSR count). The maximum Gasteiger partial charge on any atom is 0.221 e. The van der Waals surface area contributed by atoms with Crippen LogP contribution in [0.2, 0.25) is 0 Å². The van der Waals surface area contributed by atoms with Crippen molar-refractivity contribution in [3.05, 3.63) is 46.8 Å². The number of rotatable bonds is 2. The third-order valence-electron chi connectivity index (χ3n) is 2.31. The molecule has 0 atom stereocenters. The van der Waals surface area contributed by atoms with E-state index in [4.69, 9.17) is 5.53 Å². The van der Waals surface area contributed by atoms with Crippen molar-refractivity contribution in [1.29, 1.82) is 0 Å². The second-order valence-electron chi connectivity index (χ2n) is 3.59. The largest absolute Gasteiger partial charge is 0.326 e. The van der Waals surface area contributed by atoms with Crippen molar-refractivity contribution in [3.63, 3.8) is 0 Å². The minimum Gasteiger partial charge on any atom is -0.326 e. The highest BCUT2D eigenvalue weighted by Gasteiger charge is 2.03. The molecule has 0 aromatic heterocycles. The number of carbonyl (C=O) groups is 1. The van der Waals surface area contributed by atoms with Crippen LogP contribution in [0.15, 0.2) is 41.5 Å². The first-order chi connectivity index (χ1) is 8.20. The zero-order valence-corrected chi connectivity index (χ0v) is 9.21. The molecule has 0 spiro atoms. The molecule has 0 unspecified atom stereocenters. The number of nitrogens with one attached hydrogen (secondary N) is 1. The predicted octanol–water partition coefficient (Wildman–Crippen LogP) is 3.74. The summed E-state index contributed by atoms with van der Waals surface area (Å²) in [6.07, 6.45) is 0. The molecule has 0 saturated heterocycles. The Morgan fingerprint density at radius 2 is 2.12 bits per heavy atom. The zero-order valence-electron chi connectivity index (χ0n) is 9.21. The lowest BCUT2D eigenvalue weighted by atomic mass is 10.1. The lowest BCUT2D eigenvalue weighted by Gasteiger charge is -2.07. The predicted molar refractivity (Wildman–Crippen MR) is 67.1 cm³/mol. The van der Waals surface area contributed by atoms with Crippen LogP contribution in [0.4, 0.5) is 11.4 Å². The molecule has 0 saturated carbocycles. The molecule has 0 aliphatic rings. The standard InChI is InChI=1S/C12H10N4O/c1-8(17)14-10-6-9-4-2-3-5-11(9)12(7-10)15-16-13/h2-7H,1H3,(H,14,17). The van der Waals surface area contributed by atoms with E-state index in [0.29, 0.717) is 11.4 Å². The molecular formula is C12H10N4O. The van der Waals surface area contributed by atoms with E-state index in [0.717, 1.165) is 10.8 Å². The third kappa shape index (κ3) is 2.35. The fourth-order valence-corrected chi connectivity index (χ4v) is 1.70. The molecule has 17 heavy (non-hydrogen) atoms. The van der Waals surface area contributed by atoms with E-state index >= 15 is 0 Å². The van der Waals surface area contributed by atoms with Gasteiger partial charge in [-0.25, -0.2) is 0 Å². The molecule has 2 aromatic rings. The van der Waals surface area contributed by atoms with E-state index < -0.39 is 0 Å². The number of anilines is 1. The van der Waals surface area contributed by atoms with Crippen LogP contribution in [-0.2, 0) is 4.79 Å². The van der Waals surface area contributed by atoms with Gasteiger partial charge in [-0.15, -0.1) is 0 Å². The van der Waals surface area contributed by atoms with E-state index in [2.05, 4.69) is 15.3 Å². The van der Waals surface area contributed by atoms with Gasteiger partial charge in [-0.2, -0.15) is 0 Å². The average Bonchev–Trinajstić information content (AvgIpc) is 2.28. The van der Waals surface area contributed by atoms with Gasteiger partial charge in [0, 0.05) is 23.2 Å². The number of fused-ring (bicyclic) bond motifs is 1. The van der Waals surface area contributed by atoms with Crippen LogP contribution >= 0.6 is 0 Å². The molecule has 84 valence electrons. The zero-order chi connectivity index (χ0) is 12.3.